The summed E-state index contributed by atoms with van der Waals surface area (Å²) in [5, 5.41) is 0. The van der Waals surface area contributed by atoms with Gasteiger partial charge in [-0.3, -0.25) is 0 Å². The fraction of sp³-hybridized carbons (Fsp3) is 0.650. The van der Waals surface area contributed by atoms with Crippen LogP contribution in [0.3, 0.4) is 0 Å². The van der Waals surface area contributed by atoms with Gasteiger partial charge in [-0.1, -0.05) is 73.9 Å². The summed E-state index contributed by atoms with van der Waals surface area (Å²) in [6.07, 6.45) is 1.05. The molecule has 1 nitrogen and oxygen atoms in total. The number of benzene rings is 1. The summed E-state index contributed by atoms with van der Waals surface area (Å²) in [6, 6.07) is 4.53. The number of carbonyl (C=O) groups excluding carboxylic acids is 1. The van der Waals surface area contributed by atoms with Crippen LogP contribution in [0.15, 0.2) is 12.1 Å². The maximum Gasteiger partial charge on any atom is 1.00 e. The predicted octanol–water partition coefficient (Wildman–Crippen LogP) is 3.95. The topological polar surface area (TPSA) is 17.1 Å². The fourth-order valence-corrected chi connectivity index (χ4v) is 3.53. The van der Waals surface area contributed by atoms with Gasteiger partial charge in [0.2, 0.25) is 0 Å². The van der Waals surface area contributed by atoms with Gasteiger partial charge in [0.1, 0.15) is 0 Å². The summed E-state index contributed by atoms with van der Waals surface area (Å²) < 4.78 is 0. The Hall–Kier alpha value is -0.0826. The molecule has 3 heteroatoms. The standard InChI is InChI=1S/C20H32OP.Li/c1-9-15(8)22-20(21)19-17(13(4)5)10-16(12(2)3)11-18(19)14(6)7;/h10-15H,9H2,1-8H3;/q-1;+1. The minimum Gasteiger partial charge on any atom is -0.457 e. The Morgan fingerprint density at radius 2 is 1.35 bits per heavy atom. The number of hydrogen-bond donors (Lipinski definition) is 0. The Kier molecular flexibility index (Phi) is 10.00. The minimum absolute atomic E-state index is 0. The van der Waals surface area contributed by atoms with Crippen molar-refractivity contribution in [3.63, 3.8) is 0 Å². The molecule has 0 bridgehead atoms. The molecule has 0 heterocycles. The Balaban J connectivity index is 0.00000484. The van der Waals surface area contributed by atoms with Crippen LogP contribution < -0.4 is 18.9 Å². The van der Waals surface area contributed by atoms with E-state index in [0.29, 0.717) is 28.9 Å². The first kappa shape index (κ1) is 22.9. The summed E-state index contributed by atoms with van der Waals surface area (Å²) >= 11 is 0. The van der Waals surface area contributed by atoms with Crippen LogP contribution in [0.4, 0.5) is 0 Å². The summed E-state index contributed by atoms with van der Waals surface area (Å²) in [7, 11) is 0.939. The average Bonchev–Trinajstić information content (AvgIpc) is 2.44. The Bertz CT molecular complexity index is 491. The summed E-state index contributed by atoms with van der Waals surface area (Å²) in [5.41, 5.74) is 5.54. The molecule has 1 rings (SSSR count). The Labute approximate surface area is 157 Å². The molecule has 0 N–H and O–H groups in total. The normalized spacial score (nSPS) is 13.2. The second kappa shape index (κ2) is 10.0. The van der Waals surface area contributed by atoms with Crippen molar-refractivity contribution < 1.29 is 23.7 Å². The molecule has 0 amide bonds. The zero-order chi connectivity index (χ0) is 17.0. The molecule has 0 aliphatic rings. The van der Waals surface area contributed by atoms with Gasteiger partial charge in [-0.15, -0.1) is 0 Å². The van der Waals surface area contributed by atoms with Gasteiger partial charge in [0.25, 0.3) is 0 Å². The molecular formula is C20H32LiOP. The Morgan fingerprint density at radius 3 is 1.65 bits per heavy atom. The van der Waals surface area contributed by atoms with Gasteiger partial charge < -0.3 is 13.4 Å². The van der Waals surface area contributed by atoms with Gasteiger partial charge in [0, 0.05) is 5.52 Å². The molecule has 23 heavy (non-hydrogen) atoms. The van der Waals surface area contributed by atoms with Gasteiger partial charge in [0.05, 0.1) is 0 Å². The molecular weight excluding hydrogens is 294 g/mol. The molecule has 0 radical (unpaired) electrons. The van der Waals surface area contributed by atoms with E-state index in [4.69, 9.17) is 0 Å². The molecule has 1 aromatic rings. The van der Waals surface area contributed by atoms with Crippen molar-refractivity contribution in [2.24, 2.45) is 0 Å². The molecule has 0 fully saturated rings. The fourth-order valence-electron chi connectivity index (χ4n) is 2.56. The van der Waals surface area contributed by atoms with E-state index >= 15 is 0 Å². The predicted molar refractivity (Wildman–Crippen MR) is 99.7 cm³/mol. The van der Waals surface area contributed by atoms with Crippen LogP contribution in [-0.2, 0) is 0 Å². The monoisotopic (exact) mass is 326 g/mol. The first-order valence-corrected chi connectivity index (χ1v) is 9.58. The first-order valence-electron chi connectivity index (χ1n) is 8.61. The van der Waals surface area contributed by atoms with Crippen molar-refractivity contribution in [1.29, 1.82) is 0 Å². The van der Waals surface area contributed by atoms with E-state index in [2.05, 4.69) is 67.5 Å². The van der Waals surface area contributed by atoms with E-state index in [1.165, 1.54) is 16.7 Å². The second-order valence-electron chi connectivity index (χ2n) is 7.23. The average molecular weight is 326 g/mol. The summed E-state index contributed by atoms with van der Waals surface area (Å²) in [5.74, 6) is 1.25. The van der Waals surface area contributed by atoms with Crippen LogP contribution in [0.5, 0.6) is 0 Å². The summed E-state index contributed by atoms with van der Waals surface area (Å²) in [4.78, 5) is 12.9. The summed E-state index contributed by atoms with van der Waals surface area (Å²) in [6.45, 7) is 17.5. The van der Waals surface area contributed by atoms with Crippen LogP contribution in [0, 0.1) is 0 Å². The Morgan fingerprint density at radius 1 is 0.913 bits per heavy atom. The largest absolute Gasteiger partial charge is 1.00 e. The smallest absolute Gasteiger partial charge is 0.457 e. The van der Waals surface area contributed by atoms with E-state index in [9.17, 15) is 4.79 Å². The van der Waals surface area contributed by atoms with Crippen LogP contribution in [0.1, 0.15) is 107 Å². The van der Waals surface area contributed by atoms with Gasteiger partial charge in [0.15, 0.2) is 0 Å². The molecule has 0 saturated carbocycles. The third kappa shape index (κ3) is 6.05. The van der Waals surface area contributed by atoms with Crippen LogP contribution in [0.25, 0.3) is 0 Å². The third-order valence-electron chi connectivity index (χ3n) is 4.27. The zero-order valence-electron chi connectivity index (χ0n) is 16.5. The number of hydrogen-bond acceptors (Lipinski definition) is 1. The van der Waals surface area contributed by atoms with Crippen molar-refractivity contribution in [3.8, 4) is 0 Å². The van der Waals surface area contributed by atoms with Gasteiger partial charge in [-0.25, -0.2) is 0 Å². The third-order valence-corrected chi connectivity index (χ3v) is 5.54. The van der Waals surface area contributed by atoms with Crippen LogP contribution >= 0.6 is 8.58 Å². The zero-order valence-corrected chi connectivity index (χ0v) is 17.4. The molecule has 0 spiro atoms. The molecule has 0 aromatic heterocycles. The number of carbonyl (C=O) groups is 1. The molecule has 0 aliphatic heterocycles. The first-order chi connectivity index (χ1) is 10.2. The van der Waals surface area contributed by atoms with Crippen molar-refractivity contribution in [2.45, 2.75) is 85.2 Å². The van der Waals surface area contributed by atoms with Crippen LogP contribution in [-0.4, -0.2) is 11.2 Å². The van der Waals surface area contributed by atoms with E-state index < -0.39 is 0 Å². The van der Waals surface area contributed by atoms with Gasteiger partial charge >= 0.3 is 18.9 Å². The SMILES string of the molecule is CCC(C)[P-]C(=O)c1c(C(C)C)cc(C(C)C)cc1C(C)C.[Li+]. The van der Waals surface area contributed by atoms with Crippen LogP contribution in [0.2, 0.25) is 0 Å². The maximum absolute atomic E-state index is 12.9. The molecule has 1 unspecified atom stereocenters. The number of rotatable bonds is 7. The van der Waals surface area contributed by atoms with Crippen molar-refractivity contribution in [1.82, 2.24) is 0 Å². The molecule has 0 saturated heterocycles. The van der Waals surface area contributed by atoms with Gasteiger partial charge in [-0.2, -0.15) is 5.66 Å². The van der Waals surface area contributed by atoms with E-state index in [0.717, 1.165) is 20.6 Å². The van der Waals surface area contributed by atoms with Gasteiger partial charge in [-0.05, 0) is 40.0 Å². The van der Waals surface area contributed by atoms with E-state index in [1.807, 2.05) is 0 Å². The van der Waals surface area contributed by atoms with E-state index in [1.54, 1.807) is 0 Å². The molecule has 1 aromatic carbocycles. The second-order valence-corrected chi connectivity index (χ2v) is 8.78. The minimum atomic E-state index is 0. The molecule has 0 aliphatic carbocycles. The van der Waals surface area contributed by atoms with Crippen molar-refractivity contribution in [3.05, 3.63) is 34.4 Å². The maximum atomic E-state index is 12.9. The van der Waals surface area contributed by atoms with Crippen molar-refractivity contribution >= 4 is 14.1 Å². The van der Waals surface area contributed by atoms with E-state index in [-0.39, 0.29) is 18.9 Å². The molecule has 124 valence electrons. The van der Waals surface area contributed by atoms with Crippen molar-refractivity contribution in [2.75, 3.05) is 0 Å². The quantitative estimate of drug-likeness (QED) is 0.548. The molecule has 1 atom stereocenters.